The number of aliphatic carboxylic acids is 2. The maximum absolute atomic E-state index is 13.5. The lowest BCUT2D eigenvalue weighted by Crippen LogP contribution is -2.57. The summed E-state index contributed by atoms with van der Waals surface area (Å²) >= 11 is 0. The second-order valence-electron chi connectivity index (χ2n) is 9.18. The Morgan fingerprint density at radius 3 is 2.00 bits per heavy atom. The molecule has 0 unspecified atom stereocenters. The number of hydrogen-bond acceptors (Lipinski definition) is 8. The molecule has 212 valence electrons. The van der Waals surface area contributed by atoms with E-state index in [1.54, 1.807) is 0 Å². The maximum Gasteiger partial charge on any atom is 0.326 e. The Kier molecular flexibility index (Phi) is 11.2. The second kappa shape index (κ2) is 14.1. The quantitative estimate of drug-likeness (QED) is 0.0652. The highest BCUT2D eigenvalue weighted by Crippen LogP contribution is 2.22. The van der Waals surface area contributed by atoms with Crippen molar-refractivity contribution >= 4 is 41.5 Å². The summed E-state index contributed by atoms with van der Waals surface area (Å²) in [6.45, 7) is 0.528. The van der Waals surface area contributed by atoms with Gasteiger partial charge >= 0.3 is 11.9 Å². The van der Waals surface area contributed by atoms with Gasteiger partial charge in [0.05, 0.1) is 13.0 Å². The van der Waals surface area contributed by atoms with Gasteiger partial charge < -0.3 is 47.4 Å². The first-order valence-electron chi connectivity index (χ1n) is 12.4. The summed E-state index contributed by atoms with van der Waals surface area (Å²) in [5.41, 5.74) is 10.7. The van der Waals surface area contributed by atoms with E-state index in [4.69, 9.17) is 22.0 Å². The van der Waals surface area contributed by atoms with Crippen molar-refractivity contribution in [3.63, 3.8) is 0 Å². The molecule has 0 aromatic heterocycles. The SMILES string of the molecule is N=C(N)NCCC[C@H](NC(=O)[C@@H]1CCCN1C(=O)CN)C(=O)N1CCC[C@H]1C(=O)N[C@@H](CC(=O)O)C(=O)O. The predicted octanol–water partition coefficient (Wildman–Crippen LogP) is -3.28. The Labute approximate surface area is 218 Å². The van der Waals surface area contributed by atoms with E-state index < -0.39 is 60.2 Å². The van der Waals surface area contributed by atoms with Gasteiger partial charge in [0.2, 0.25) is 23.6 Å². The predicted molar refractivity (Wildman–Crippen MR) is 131 cm³/mol. The zero-order chi connectivity index (χ0) is 28.4. The number of nitrogens with zero attached hydrogens (tertiary/aromatic N) is 2. The van der Waals surface area contributed by atoms with Gasteiger partial charge in [0, 0.05) is 19.6 Å². The number of nitrogens with two attached hydrogens (primary N) is 2. The fourth-order valence-corrected chi connectivity index (χ4v) is 4.66. The van der Waals surface area contributed by atoms with E-state index in [1.165, 1.54) is 9.80 Å². The van der Waals surface area contributed by atoms with Gasteiger partial charge in [0.25, 0.3) is 0 Å². The summed E-state index contributed by atoms with van der Waals surface area (Å²) in [6, 6.07) is -4.58. The number of likely N-dealkylation sites (tertiary alicyclic amines) is 2. The number of rotatable bonds is 13. The lowest BCUT2D eigenvalue weighted by molar-refractivity contribution is -0.148. The first-order chi connectivity index (χ1) is 18.0. The maximum atomic E-state index is 13.5. The summed E-state index contributed by atoms with van der Waals surface area (Å²) in [5.74, 6) is -5.48. The van der Waals surface area contributed by atoms with Crippen LogP contribution in [0.1, 0.15) is 44.9 Å². The molecule has 16 nitrogen and oxygen atoms in total. The Morgan fingerprint density at radius 2 is 1.47 bits per heavy atom. The molecule has 10 N–H and O–H groups in total. The van der Waals surface area contributed by atoms with Crippen molar-refractivity contribution in [3.05, 3.63) is 0 Å². The van der Waals surface area contributed by atoms with E-state index >= 15 is 0 Å². The molecule has 0 aromatic rings. The summed E-state index contributed by atoms with van der Waals surface area (Å²) in [4.78, 5) is 76.6. The molecule has 2 rings (SSSR count). The highest BCUT2D eigenvalue weighted by atomic mass is 16.4. The highest BCUT2D eigenvalue weighted by molar-refractivity contribution is 5.96. The standard InChI is InChI=1S/C22H36N8O8/c23-11-16(31)29-8-2-5-14(29)18(34)27-12(4-1-7-26-22(24)25)20(36)30-9-3-6-15(30)19(35)28-13(21(37)38)10-17(32)33/h12-15H,1-11,23H2,(H,27,34)(H,28,35)(H,32,33)(H,37,38)(H4,24,25,26)/t12-,13-,14-,15-/m0/s1. The van der Waals surface area contributed by atoms with Crippen LogP contribution in [0.4, 0.5) is 0 Å². The molecule has 4 amide bonds. The summed E-state index contributed by atoms with van der Waals surface area (Å²) in [7, 11) is 0. The van der Waals surface area contributed by atoms with Gasteiger partial charge in [0.1, 0.15) is 24.2 Å². The molecular weight excluding hydrogens is 504 g/mol. The number of carboxylic acid groups (broad SMARTS) is 2. The van der Waals surface area contributed by atoms with Crippen molar-refractivity contribution in [2.75, 3.05) is 26.2 Å². The van der Waals surface area contributed by atoms with E-state index in [-0.39, 0.29) is 44.3 Å². The van der Waals surface area contributed by atoms with Crippen LogP contribution in [0.25, 0.3) is 0 Å². The van der Waals surface area contributed by atoms with Crippen LogP contribution in [-0.2, 0) is 28.8 Å². The molecule has 38 heavy (non-hydrogen) atoms. The second-order valence-corrected chi connectivity index (χ2v) is 9.18. The van der Waals surface area contributed by atoms with Crippen molar-refractivity contribution < 1.29 is 39.0 Å². The molecule has 2 fully saturated rings. The van der Waals surface area contributed by atoms with Crippen LogP contribution < -0.4 is 27.4 Å². The van der Waals surface area contributed by atoms with Gasteiger partial charge in [-0.05, 0) is 38.5 Å². The summed E-state index contributed by atoms with van der Waals surface area (Å²) in [5, 5.41) is 32.9. The molecule has 2 aliphatic rings. The average Bonchev–Trinajstić information content (AvgIpc) is 3.54. The molecule has 0 saturated carbocycles. The van der Waals surface area contributed by atoms with Crippen LogP contribution >= 0.6 is 0 Å². The molecule has 0 spiro atoms. The van der Waals surface area contributed by atoms with Crippen LogP contribution in [0.5, 0.6) is 0 Å². The molecule has 2 heterocycles. The number of carbonyl (C=O) groups is 6. The average molecular weight is 541 g/mol. The third kappa shape index (κ3) is 8.29. The number of hydrogen-bond donors (Lipinski definition) is 8. The van der Waals surface area contributed by atoms with Gasteiger partial charge in [-0.2, -0.15) is 0 Å². The van der Waals surface area contributed by atoms with Crippen LogP contribution in [0.3, 0.4) is 0 Å². The van der Waals surface area contributed by atoms with Crippen molar-refractivity contribution in [1.82, 2.24) is 25.8 Å². The highest BCUT2D eigenvalue weighted by Gasteiger charge is 2.40. The topological polar surface area (TPSA) is 261 Å². The Bertz CT molecular complexity index is 944. The Balaban J connectivity index is 2.17. The minimum absolute atomic E-state index is 0.129. The number of amides is 4. The number of guanidine groups is 1. The van der Waals surface area contributed by atoms with Crippen molar-refractivity contribution in [1.29, 1.82) is 5.41 Å². The zero-order valence-corrected chi connectivity index (χ0v) is 21.0. The van der Waals surface area contributed by atoms with Crippen LogP contribution in [-0.4, -0.2) is 112 Å². The van der Waals surface area contributed by atoms with Crippen LogP contribution in [0.2, 0.25) is 0 Å². The third-order valence-electron chi connectivity index (χ3n) is 6.48. The van der Waals surface area contributed by atoms with E-state index in [9.17, 15) is 33.9 Å². The van der Waals surface area contributed by atoms with Gasteiger partial charge in [-0.3, -0.25) is 29.4 Å². The smallest absolute Gasteiger partial charge is 0.326 e. The minimum atomic E-state index is -1.67. The third-order valence-corrected chi connectivity index (χ3v) is 6.48. The fourth-order valence-electron chi connectivity index (χ4n) is 4.66. The normalized spacial score (nSPS) is 20.3. The fraction of sp³-hybridized carbons (Fsp3) is 0.682. The van der Waals surface area contributed by atoms with Crippen LogP contribution in [0, 0.1) is 5.41 Å². The van der Waals surface area contributed by atoms with E-state index in [2.05, 4.69) is 16.0 Å². The van der Waals surface area contributed by atoms with Gasteiger partial charge in [0.15, 0.2) is 5.96 Å². The largest absolute Gasteiger partial charge is 0.481 e. The minimum Gasteiger partial charge on any atom is -0.481 e. The van der Waals surface area contributed by atoms with E-state index in [0.29, 0.717) is 32.2 Å². The Morgan fingerprint density at radius 1 is 0.921 bits per heavy atom. The number of carboxylic acids is 2. The van der Waals surface area contributed by atoms with Gasteiger partial charge in [-0.1, -0.05) is 0 Å². The van der Waals surface area contributed by atoms with E-state index in [1.807, 2.05) is 0 Å². The van der Waals surface area contributed by atoms with Crippen molar-refractivity contribution in [2.24, 2.45) is 11.5 Å². The lowest BCUT2D eigenvalue weighted by Gasteiger charge is -2.31. The van der Waals surface area contributed by atoms with Gasteiger partial charge in [-0.25, -0.2) is 4.79 Å². The van der Waals surface area contributed by atoms with Crippen molar-refractivity contribution in [2.45, 2.75) is 69.1 Å². The summed E-state index contributed by atoms with van der Waals surface area (Å²) < 4.78 is 0. The molecule has 0 aliphatic carbocycles. The molecule has 2 aliphatic heterocycles. The van der Waals surface area contributed by atoms with Crippen molar-refractivity contribution in [3.8, 4) is 0 Å². The molecule has 0 radical (unpaired) electrons. The first-order valence-corrected chi connectivity index (χ1v) is 12.4. The molecule has 2 saturated heterocycles. The Hall–Kier alpha value is -3.95. The number of carbonyl (C=O) groups excluding carboxylic acids is 4. The molecule has 0 bridgehead atoms. The number of nitrogens with one attached hydrogen (secondary N) is 4. The molecular formula is C22H36N8O8. The van der Waals surface area contributed by atoms with Gasteiger partial charge in [-0.15, -0.1) is 0 Å². The summed E-state index contributed by atoms with van der Waals surface area (Å²) in [6.07, 6.45) is 1.29. The zero-order valence-electron chi connectivity index (χ0n) is 21.0. The first kappa shape index (κ1) is 30.3. The lowest BCUT2D eigenvalue weighted by atomic mass is 10.1. The van der Waals surface area contributed by atoms with Crippen LogP contribution in [0.15, 0.2) is 0 Å². The molecule has 0 aromatic carbocycles. The van der Waals surface area contributed by atoms with E-state index in [0.717, 1.165) is 0 Å². The molecule has 4 atom stereocenters. The molecule has 16 heteroatoms. The monoisotopic (exact) mass is 540 g/mol.